The number of carboxylic acid groups (broad SMARTS) is 1. The van der Waals surface area contributed by atoms with Crippen LogP contribution in [0.4, 0.5) is 5.95 Å². The molecular formula is C6H10N4O4S. The van der Waals surface area contributed by atoms with Crippen LogP contribution in [0.2, 0.25) is 0 Å². The normalized spacial score (nSPS) is 13.5. The Morgan fingerprint density at radius 1 is 1.60 bits per heavy atom. The topological polar surface area (TPSA) is 125 Å². The Balaban J connectivity index is 2.86. The molecule has 1 aromatic rings. The highest BCUT2D eigenvalue weighted by Gasteiger charge is 2.28. The van der Waals surface area contributed by atoms with Crippen molar-refractivity contribution < 1.29 is 18.3 Å². The zero-order chi connectivity index (χ0) is 11.6. The van der Waals surface area contributed by atoms with Gasteiger partial charge >= 0.3 is 5.97 Å². The Kier molecular flexibility index (Phi) is 2.93. The van der Waals surface area contributed by atoms with E-state index in [4.69, 9.17) is 5.11 Å². The molecular weight excluding hydrogens is 224 g/mol. The van der Waals surface area contributed by atoms with Crippen LogP contribution in [-0.4, -0.2) is 39.9 Å². The van der Waals surface area contributed by atoms with E-state index < -0.39 is 21.2 Å². The van der Waals surface area contributed by atoms with Gasteiger partial charge in [-0.1, -0.05) is 0 Å². The van der Waals surface area contributed by atoms with Crippen LogP contribution in [0.1, 0.15) is 12.7 Å². The number of aromatic amines is 1. The first-order valence-corrected chi connectivity index (χ1v) is 5.51. The van der Waals surface area contributed by atoms with Crippen molar-refractivity contribution in [3.05, 3.63) is 5.82 Å². The molecule has 3 N–H and O–H groups in total. The number of nitrogens with zero attached hydrogens (tertiary/aromatic N) is 2. The molecule has 0 amide bonds. The van der Waals surface area contributed by atoms with Crippen LogP contribution in [0, 0.1) is 6.92 Å². The Bertz CT molecular complexity index is 465. The van der Waals surface area contributed by atoms with Crippen molar-refractivity contribution in [3.63, 3.8) is 0 Å². The zero-order valence-electron chi connectivity index (χ0n) is 8.05. The first kappa shape index (κ1) is 11.4. The van der Waals surface area contributed by atoms with Crippen LogP contribution in [0.5, 0.6) is 0 Å². The third kappa shape index (κ3) is 2.65. The minimum absolute atomic E-state index is 0.166. The number of sulfonamides is 1. The van der Waals surface area contributed by atoms with Gasteiger partial charge < -0.3 is 5.11 Å². The molecule has 0 aliphatic heterocycles. The number of aliphatic carboxylic acids is 1. The molecule has 0 saturated heterocycles. The Hall–Kier alpha value is -1.64. The molecule has 15 heavy (non-hydrogen) atoms. The van der Waals surface area contributed by atoms with Crippen LogP contribution in [0.3, 0.4) is 0 Å². The highest BCUT2D eigenvalue weighted by molar-refractivity contribution is 7.94. The molecule has 0 aliphatic carbocycles. The Morgan fingerprint density at radius 2 is 2.20 bits per heavy atom. The predicted molar refractivity (Wildman–Crippen MR) is 50.8 cm³/mol. The van der Waals surface area contributed by atoms with Gasteiger partial charge in [0, 0.05) is 0 Å². The average Bonchev–Trinajstić information content (AvgIpc) is 2.48. The molecule has 1 unspecified atom stereocenters. The van der Waals surface area contributed by atoms with Gasteiger partial charge in [-0.2, -0.15) is 4.98 Å². The summed E-state index contributed by atoms with van der Waals surface area (Å²) in [5, 5.41) is 12.9. The molecule has 0 spiro atoms. The van der Waals surface area contributed by atoms with Gasteiger partial charge in [-0.25, -0.2) is 13.1 Å². The second-order valence-electron chi connectivity index (χ2n) is 2.87. The second-order valence-corrected chi connectivity index (χ2v) is 4.87. The van der Waals surface area contributed by atoms with Crippen molar-refractivity contribution in [3.8, 4) is 0 Å². The minimum Gasteiger partial charge on any atom is -0.480 e. The number of aryl methyl sites for hydroxylation is 1. The predicted octanol–water partition coefficient (Wildman–Crippen LogP) is -0.672. The summed E-state index contributed by atoms with van der Waals surface area (Å²) >= 11 is 0. The fourth-order valence-corrected chi connectivity index (χ4v) is 1.52. The summed E-state index contributed by atoms with van der Waals surface area (Å²) in [6, 6.07) is 0. The second kappa shape index (κ2) is 3.85. The van der Waals surface area contributed by atoms with Crippen LogP contribution >= 0.6 is 0 Å². The summed E-state index contributed by atoms with van der Waals surface area (Å²) in [7, 11) is -3.99. The van der Waals surface area contributed by atoms with E-state index in [1.807, 2.05) is 4.72 Å². The maximum absolute atomic E-state index is 11.4. The van der Waals surface area contributed by atoms with Crippen LogP contribution < -0.4 is 4.72 Å². The summed E-state index contributed by atoms with van der Waals surface area (Å²) in [6.07, 6.45) is 0. The molecule has 0 fully saturated rings. The standard InChI is InChI=1S/C6H10N4O4S/c1-3(5(11)12)15(13,14)10-6-7-4(2)8-9-6/h3H,1-2H3,(H,11,12)(H2,7,8,9,10). The van der Waals surface area contributed by atoms with Gasteiger partial charge in [0.15, 0.2) is 5.25 Å². The molecule has 1 rings (SSSR count). The molecule has 9 heteroatoms. The number of nitrogens with one attached hydrogen (secondary N) is 2. The lowest BCUT2D eigenvalue weighted by Gasteiger charge is -2.07. The average molecular weight is 234 g/mol. The molecule has 8 nitrogen and oxygen atoms in total. The van der Waals surface area contributed by atoms with Crippen LogP contribution in [-0.2, 0) is 14.8 Å². The SMILES string of the molecule is Cc1nc(NS(=O)(=O)C(C)C(=O)O)n[nH]1. The molecule has 1 atom stereocenters. The number of aromatic nitrogens is 3. The van der Waals surface area contributed by atoms with Crippen molar-refractivity contribution in [1.82, 2.24) is 15.2 Å². The molecule has 0 bridgehead atoms. The highest BCUT2D eigenvalue weighted by atomic mass is 32.2. The van der Waals surface area contributed by atoms with Gasteiger partial charge in [-0.3, -0.25) is 9.89 Å². The van der Waals surface area contributed by atoms with Gasteiger partial charge in [0.2, 0.25) is 10.0 Å². The van der Waals surface area contributed by atoms with Gasteiger partial charge in [-0.15, -0.1) is 5.10 Å². The van der Waals surface area contributed by atoms with Crippen molar-refractivity contribution in [2.45, 2.75) is 19.1 Å². The summed E-state index contributed by atoms with van der Waals surface area (Å²) in [4.78, 5) is 14.2. The highest BCUT2D eigenvalue weighted by Crippen LogP contribution is 2.06. The molecule has 0 radical (unpaired) electrons. The minimum atomic E-state index is -3.99. The summed E-state index contributed by atoms with van der Waals surface area (Å²) < 4.78 is 24.7. The molecule has 0 aromatic carbocycles. The first-order chi connectivity index (χ1) is 6.83. The van der Waals surface area contributed by atoms with E-state index in [2.05, 4.69) is 15.2 Å². The van der Waals surface area contributed by atoms with Crippen LogP contribution in [0.25, 0.3) is 0 Å². The van der Waals surface area contributed by atoms with Gasteiger partial charge in [-0.05, 0) is 13.8 Å². The Morgan fingerprint density at radius 3 is 2.60 bits per heavy atom. The van der Waals surface area contributed by atoms with Crippen molar-refractivity contribution in [2.75, 3.05) is 4.72 Å². The Labute approximate surface area is 85.8 Å². The summed E-state index contributed by atoms with van der Waals surface area (Å²) in [5.74, 6) is -1.17. The smallest absolute Gasteiger partial charge is 0.323 e. The van der Waals surface area contributed by atoms with E-state index >= 15 is 0 Å². The quantitative estimate of drug-likeness (QED) is 0.634. The molecule has 0 aliphatic rings. The van der Waals surface area contributed by atoms with Gasteiger partial charge in [0.25, 0.3) is 5.95 Å². The lowest BCUT2D eigenvalue weighted by molar-refractivity contribution is -0.136. The number of rotatable bonds is 4. The van der Waals surface area contributed by atoms with E-state index in [-0.39, 0.29) is 5.95 Å². The third-order valence-corrected chi connectivity index (χ3v) is 3.24. The van der Waals surface area contributed by atoms with Crippen molar-refractivity contribution in [2.24, 2.45) is 0 Å². The molecule has 84 valence electrons. The maximum atomic E-state index is 11.4. The van der Waals surface area contributed by atoms with E-state index in [1.165, 1.54) is 0 Å². The molecule has 1 aromatic heterocycles. The fourth-order valence-electron chi connectivity index (χ4n) is 0.737. The van der Waals surface area contributed by atoms with E-state index in [0.717, 1.165) is 6.92 Å². The van der Waals surface area contributed by atoms with Gasteiger partial charge in [0.1, 0.15) is 5.82 Å². The summed E-state index contributed by atoms with van der Waals surface area (Å²) in [5.41, 5.74) is 0. The zero-order valence-corrected chi connectivity index (χ0v) is 8.87. The number of anilines is 1. The summed E-state index contributed by atoms with van der Waals surface area (Å²) in [6.45, 7) is 2.65. The monoisotopic (exact) mass is 234 g/mol. The molecule has 1 heterocycles. The number of carbonyl (C=O) groups is 1. The first-order valence-electron chi connectivity index (χ1n) is 3.96. The number of hydrogen-bond donors (Lipinski definition) is 3. The van der Waals surface area contributed by atoms with E-state index in [0.29, 0.717) is 5.82 Å². The molecule has 0 saturated carbocycles. The maximum Gasteiger partial charge on any atom is 0.323 e. The van der Waals surface area contributed by atoms with Crippen LogP contribution in [0.15, 0.2) is 0 Å². The fraction of sp³-hybridized carbons (Fsp3) is 0.500. The van der Waals surface area contributed by atoms with Crippen molar-refractivity contribution >= 4 is 21.9 Å². The number of H-pyrrole nitrogens is 1. The van der Waals surface area contributed by atoms with E-state index in [1.54, 1.807) is 6.92 Å². The van der Waals surface area contributed by atoms with E-state index in [9.17, 15) is 13.2 Å². The largest absolute Gasteiger partial charge is 0.480 e. The van der Waals surface area contributed by atoms with Crippen molar-refractivity contribution in [1.29, 1.82) is 0 Å². The lowest BCUT2D eigenvalue weighted by atomic mass is 10.5. The third-order valence-electron chi connectivity index (χ3n) is 1.64. The lowest BCUT2D eigenvalue weighted by Crippen LogP contribution is -2.32. The number of hydrogen-bond acceptors (Lipinski definition) is 5. The van der Waals surface area contributed by atoms with Gasteiger partial charge in [0.05, 0.1) is 0 Å². The number of carboxylic acids is 1.